The van der Waals surface area contributed by atoms with Gasteiger partial charge in [0.25, 0.3) is 0 Å². The largest absolute Gasteiger partial charge is 0.305 e. The molecule has 0 amide bonds. The molecular weight excluding hydrogens is 204 g/mol. The number of nitrogens with one attached hydrogen (secondary N) is 1. The molecule has 1 N–H and O–H groups in total. The average Bonchev–Trinajstić information content (AvgIpc) is 2.80. The molecular formula is C12H14N2S. The Balaban J connectivity index is 1.90. The zero-order chi connectivity index (χ0) is 10.5. The molecule has 78 valence electrons. The summed E-state index contributed by atoms with van der Waals surface area (Å²) in [7, 11) is 0. The van der Waals surface area contributed by atoms with Gasteiger partial charge in [0.1, 0.15) is 0 Å². The van der Waals surface area contributed by atoms with Crippen molar-refractivity contribution in [2.75, 3.05) is 0 Å². The molecule has 2 aromatic heterocycles. The number of aromatic nitrogens is 1. The minimum Gasteiger partial charge on any atom is -0.305 e. The van der Waals surface area contributed by atoms with Gasteiger partial charge in [-0.05, 0) is 41.4 Å². The molecule has 0 fully saturated rings. The van der Waals surface area contributed by atoms with E-state index >= 15 is 0 Å². The Morgan fingerprint density at radius 2 is 2.33 bits per heavy atom. The monoisotopic (exact) mass is 218 g/mol. The summed E-state index contributed by atoms with van der Waals surface area (Å²) in [5, 5.41) is 7.71. The first-order valence-electron chi connectivity index (χ1n) is 5.01. The van der Waals surface area contributed by atoms with Crippen molar-refractivity contribution in [1.29, 1.82) is 0 Å². The third-order valence-corrected chi connectivity index (χ3v) is 3.06. The lowest BCUT2D eigenvalue weighted by Gasteiger charge is -2.12. The summed E-state index contributed by atoms with van der Waals surface area (Å²) in [6, 6.07) is 8.44. The van der Waals surface area contributed by atoms with Crippen LogP contribution in [0.2, 0.25) is 0 Å². The van der Waals surface area contributed by atoms with Gasteiger partial charge in [-0.2, -0.15) is 11.3 Å². The van der Waals surface area contributed by atoms with Gasteiger partial charge >= 0.3 is 0 Å². The molecule has 0 aliphatic carbocycles. The van der Waals surface area contributed by atoms with E-state index in [1.165, 1.54) is 5.56 Å². The molecule has 3 heteroatoms. The van der Waals surface area contributed by atoms with E-state index in [0.717, 1.165) is 12.2 Å². The predicted molar refractivity (Wildman–Crippen MR) is 63.8 cm³/mol. The first kappa shape index (κ1) is 10.3. The lowest BCUT2D eigenvalue weighted by Crippen LogP contribution is -2.18. The van der Waals surface area contributed by atoms with E-state index in [9.17, 15) is 0 Å². The van der Waals surface area contributed by atoms with Crippen molar-refractivity contribution in [1.82, 2.24) is 10.3 Å². The molecule has 2 rings (SSSR count). The van der Waals surface area contributed by atoms with Gasteiger partial charge in [0.2, 0.25) is 0 Å². The predicted octanol–water partition coefficient (Wildman–Crippen LogP) is 2.99. The van der Waals surface area contributed by atoms with E-state index in [1.54, 1.807) is 11.3 Å². The molecule has 2 aromatic rings. The van der Waals surface area contributed by atoms with E-state index in [2.05, 4.69) is 34.1 Å². The van der Waals surface area contributed by atoms with Crippen molar-refractivity contribution in [3.8, 4) is 0 Å². The third-order valence-electron chi connectivity index (χ3n) is 2.32. The highest BCUT2D eigenvalue weighted by Crippen LogP contribution is 2.11. The van der Waals surface area contributed by atoms with Crippen LogP contribution in [0.1, 0.15) is 24.2 Å². The van der Waals surface area contributed by atoms with Gasteiger partial charge in [0.15, 0.2) is 0 Å². The summed E-state index contributed by atoms with van der Waals surface area (Å²) < 4.78 is 0. The van der Waals surface area contributed by atoms with E-state index in [0.29, 0.717) is 6.04 Å². The summed E-state index contributed by atoms with van der Waals surface area (Å²) in [4.78, 5) is 4.32. The molecule has 1 unspecified atom stereocenters. The van der Waals surface area contributed by atoms with Gasteiger partial charge in [-0.3, -0.25) is 4.98 Å². The molecule has 0 saturated carbocycles. The van der Waals surface area contributed by atoms with Crippen LogP contribution >= 0.6 is 11.3 Å². The fraction of sp³-hybridized carbons (Fsp3) is 0.250. The second-order valence-electron chi connectivity index (χ2n) is 3.49. The van der Waals surface area contributed by atoms with E-state index < -0.39 is 0 Å². The first-order chi connectivity index (χ1) is 7.36. The minimum absolute atomic E-state index is 0.297. The van der Waals surface area contributed by atoms with Crippen molar-refractivity contribution in [2.45, 2.75) is 19.5 Å². The van der Waals surface area contributed by atoms with Gasteiger partial charge in [-0.15, -0.1) is 0 Å². The molecule has 15 heavy (non-hydrogen) atoms. The standard InChI is InChI=1S/C12H14N2S/c1-10(12-4-2-3-6-13-12)14-8-11-5-7-15-9-11/h2-7,9-10,14H,8H2,1H3. The van der Waals surface area contributed by atoms with Crippen LogP contribution in [0.3, 0.4) is 0 Å². The number of hydrogen-bond acceptors (Lipinski definition) is 3. The van der Waals surface area contributed by atoms with Crippen LogP contribution in [-0.2, 0) is 6.54 Å². The highest BCUT2D eigenvalue weighted by molar-refractivity contribution is 7.07. The molecule has 1 atom stereocenters. The first-order valence-corrected chi connectivity index (χ1v) is 5.96. The average molecular weight is 218 g/mol. The summed E-state index contributed by atoms with van der Waals surface area (Å²) in [5.41, 5.74) is 2.43. The van der Waals surface area contributed by atoms with Gasteiger partial charge < -0.3 is 5.32 Å². The highest BCUT2D eigenvalue weighted by atomic mass is 32.1. The van der Waals surface area contributed by atoms with E-state index in [4.69, 9.17) is 0 Å². The lowest BCUT2D eigenvalue weighted by atomic mass is 10.2. The van der Waals surface area contributed by atoms with Crippen molar-refractivity contribution < 1.29 is 0 Å². The van der Waals surface area contributed by atoms with Crippen LogP contribution < -0.4 is 5.32 Å². The Kier molecular flexibility index (Phi) is 3.48. The Labute approximate surface area is 94.0 Å². The van der Waals surface area contributed by atoms with Crippen LogP contribution in [0.4, 0.5) is 0 Å². The lowest BCUT2D eigenvalue weighted by molar-refractivity contribution is 0.562. The van der Waals surface area contributed by atoms with Crippen LogP contribution in [-0.4, -0.2) is 4.98 Å². The maximum Gasteiger partial charge on any atom is 0.0570 e. The molecule has 0 aliphatic heterocycles. The second-order valence-corrected chi connectivity index (χ2v) is 4.27. The molecule has 0 spiro atoms. The van der Waals surface area contributed by atoms with Crippen molar-refractivity contribution in [2.24, 2.45) is 0 Å². The minimum atomic E-state index is 0.297. The fourth-order valence-corrected chi connectivity index (χ4v) is 2.07. The van der Waals surface area contributed by atoms with Gasteiger partial charge in [-0.1, -0.05) is 6.07 Å². The summed E-state index contributed by atoms with van der Waals surface area (Å²) in [5.74, 6) is 0. The molecule has 0 aromatic carbocycles. The second kappa shape index (κ2) is 5.05. The molecule has 0 saturated heterocycles. The van der Waals surface area contributed by atoms with Crippen LogP contribution in [0.15, 0.2) is 41.2 Å². The van der Waals surface area contributed by atoms with Crippen molar-refractivity contribution >= 4 is 11.3 Å². The number of pyridine rings is 1. The summed E-state index contributed by atoms with van der Waals surface area (Å²) in [6.45, 7) is 3.04. The zero-order valence-electron chi connectivity index (χ0n) is 8.68. The van der Waals surface area contributed by atoms with Crippen LogP contribution in [0.5, 0.6) is 0 Å². The highest BCUT2D eigenvalue weighted by Gasteiger charge is 2.04. The van der Waals surface area contributed by atoms with Crippen LogP contribution in [0.25, 0.3) is 0 Å². The van der Waals surface area contributed by atoms with E-state index in [-0.39, 0.29) is 0 Å². The smallest absolute Gasteiger partial charge is 0.0570 e. The van der Waals surface area contributed by atoms with Crippen molar-refractivity contribution in [3.63, 3.8) is 0 Å². The number of thiophene rings is 1. The van der Waals surface area contributed by atoms with Crippen LogP contribution in [0, 0.1) is 0 Å². The van der Waals surface area contributed by atoms with Crippen molar-refractivity contribution in [3.05, 3.63) is 52.5 Å². The summed E-state index contributed by atoms with van der Waals surface area (Å²) in [6.07, 6.45) is 1.83. The maximum absolute atomic E-state index is 4.32. The Morgan fingerprint density at radius 3 is 3.00 bits per heavy atom. The molecule has 0 bridgehead atoms. The quantitative estimate of drug-likeness (QED) is 0.853. The SMILES string of the molecule is CC(NCc1ccsc1)c1ccccn1. The van der Waals surface area contributed by atoms with Gasteiger partial charge in [-0.25, -0.2) is 0 Å². The van der Waals surface area contributed by atoms with Gasteiger partial charge in [0.05, 0.1) is 5.69 Å². The van der Waals surface area contributed by atoms with E-state index in [1.807, 2.05) is 24.4 Å². The Morgan fingerprint density at radius 1 is 1.40 bits per heavy atom. The third kappa shape index (κ3) is 2.88. The number of rotatable bonds is 4. The molecule has 2 heterocycles. The topological polar surface area (TPSA) is 24.9 Å². The fourth-order valence-electron chi connectivity index (χ4n) is 1.40. The Bertz CT molecular complexity index is 383. The maximum atomic E-state index is 4.32. The molecule has 0 aliphatic rings. The number of nitrogens with zero attached hydrogens (tertiary/aromatic N) is 1. The molecule has 0 radical (unpaired) electrons. The number of hydrogen-bond donors (Lipinski definition) is 1. The zero-order valence-corrected chi connectivity index (χ0v) is 9.50. The Hall–Kier alpha value is -1.19. The van der Waals surface area contributed by atoms with Gasteiger partial charge in [0, 0.05) is 18.8 Å². The molecule has 2 nitrogen and oxygen atoms in total. The summed E-state index contributed by atoms with van der Waals surface area (Å²) >= 11 is 1.73. The normalized spacial score (nSPS) is 12.6.